The van der Waals surface area contributed by atoms with Crippen LogP contribution in [0.15, 0.2) is 24.3 Å². The van der Waals surface area contributed by atoms with Gasteiger partial charge in [0.15, 0.2) is 0 Å². The van der Waals surface area contributed by atoms with Crippen LogP contribution in [0.25, 0.3) is 0 Å². The minimum Gasteiger partial charge on any atom is -0.358 e. The van der Waals surface area contributed by atoms with E-state index in [2.05, 4.69) is 5.32 Å². The summed E-state index contributed by atoms with van der Waals surface area (Å²) in [5.74, 6) is 0. The van der Waals surface area contributed by atoms with Crippen LogP contribution in [0, 0.1) is 0 Å². The Kier molecular flexibility index (Phi) is 2.67. The van der Waals surface area contributed by atoms with E-state index in [9.17, 15) is 13.2 Å². The fourth-order valence-electron chi connectivity index (χ4n) is 1.49. The number of hydrogen-bond donors (Lipinski definition) is 1. The van der Waals surface area contributed by atoms with Crippen molar-refractivity contribution in [2.45, 2.75) is 12.4 Å². The molecule has 0 saturated carbocycles. The predicted molar refractivity (Wildman–Crippen MR) is 48.1 cm³/mol. The summed E-state index contributed by atoms with van der Waals surface area (Å²) >= 11 is 0. The van der Waals surface area contributed by atoms with Crippen molar-refractivity contribution in [3.05, 3.63) is 35.4 Å². The molecular formula is C10H10F3NO. The highest BCUT2D eigenvalue weighted by Crippen LogP contribution is 2.30. The largest absolute Gasteiger partial charge is 0.416 e. The number of benzene rings is 1. The average Bonchev–Trinajstić information content (AvgIpc) is 2.69. The quantitative estimate of drug-likeness (QED) is 0.779. The van der Waals surface area contributed by atoms with Crippen LogP contribution < -0.4 is 5.32 Å². The first-order valence-electron chi connectivity index (χ1n) is 4.59. The summed E-state index contributed by atoms with van der Waals surface area (Å²) in [6.45, 7) is 1.32. The maximum Gasteiger partial charge on any atom is 0.416 e. The molecule has 0 bridgehead atoms. The van der Waals surface area contributed by atoms with Gasteiger partial charge in [0.05, 0.1) is 12.2 Å². The number of halogens is 3. The first-order chi connectivity index (χ1) is 7.07. The van der Waals surface area contributed by atoms with Crippen LogP contribution in [-0.4, -0.2) is 13.2 Å². The van der Waals surface area contributed by atoms with Gasteiger partial charge in [-0.3, -0.25) is 5.32 Å². The Hall–Kier alpha value is -1.07. The Morgan fingerprint density at radius 1 is 1.20 bits per heavy atom. The minimum atomic E-state index is -4.28. The van der Waals surface area contributed by atoms with E-state index in [0.29, 0.717) is 6.61 Å². The van der Waals surface area contributed by atoms with E-state index in [1.807, 2.05) is 0 Å². The number of hydrogen-bond acceptors (Lipinski definition) is 2. The molecule has 15 heavy (non-hydrogen) atoms. The summed E-state index contributed by atoms with van der Waals surface area (Å²) in [4.78, 5) is 0. The standard InChI is InChI=1S/C10H10F3NO/c11-10(12,13)8-3-1-7(2-4-8)9-14-5-6-15-9/h1-4,9,14H,5-6H2. The van der Waals surface area contributed by atoms with Crippen molar-refractivity contribution in [1.29, 1.82) is 0 Å². The number of ether oxygens (including phenoxy) is 1. The Bertz CT molecular complexity index is 328. The smallest absolute Gasteiger partial charge is 0.358 e. The van der Waals surface area contributed by atoms with Gasteiger partial charge in [-0.15, -0.1) is 0 Å². The lowest BCUT2D eigenvalue weighted by molar-refractivity contribution is -0.137. The van der Waals surface area contributed by atoms with E-state index in [1.54, 1.807) is 0 Å². The molecule has 5 heteroatoms. The molecular weight excluding hydrogens is 207 g/mol. The molecule has 0 spiro atoms. The maximum atomic E-state index is 12.2. The van der Waals surface area contributed by atoms with Gasteiger partial charge in [0.2, 0.25) is 0 Å². The van der Waals surface area contributed by atoms with Crippen molar-refractivity contribution in [2.24, 2.45) is 0 Å². The molecule has 1 unspecified atom stereocenters. The lowest BCUT2D eigenvalue weighted by Gasteiger charge is -2.12. The van der Waals surface area contributed by atoms with Crippen molar-refractivity contribution >= 4 is 0 Å². The third-order valence-electron chi connectivity index (χ3n) is 2.26. The predicted octanol–water partition coefficient (Wildman–Crippen LogP) is 2.32. The van der Waals surface area contributed by atoms with Gasteiger partial charge >= 0.3 is 6.18 Å². The van der Waals surface area contributed by atoms with Crippen LogP contribution in [0.4, 0.5) is 13.2 Å². The molecule has 0 aliphatic carbocycles. The highest BCUT2D eigenvalue weighted by Gasteiger charge is 2.30. The van der Waals surface area contributed by atoms with Crippen molar-refractivity contribution in [2.75, 3.05) is 13.2 Å². The number of rotatable bonds is 1. The molecule has 1 aliphatic heterocycles. The molecule has 1 heterocycles. The zero-order chi connectivity index (χ0) is 10.9. The molecule has 82 valence electrons. The molecule has 1 aliphatic rings. The lowest BCUT2D eigenvalue weighted by Crippen LogP contribution is -2.14. The average molecular weight is 217 g/mol. The first-order valence-corrected chi connectivity index (χ1v) is 4.59. The molecule has 1 aromatic rings. The summed E-state index contributed by atoms with van der Waals surface area (Å²) in [6, 6.07) is 5.01. The summed E-state index contributed by atoms with van der Waals surface area (Å²) in [5.41, 5.74) is 0.0877. The zero-order valence-electron chi connectivity index (χ0n) is 7.84. The number of nitrogens with one attached hydrogen (secondary N) is 1. The first kappa shape index (κ1) is 10.4. The van der Waals surface area contributed by atoms with E-state index < -0.39 is 11.7 Å². The molecule has 1 atom stereocenters. The van der Waals surface area contributed by atoms with Crippen LogP contribution >= 0.6 is 0 Å². The number of alkyl halides is 3. The molecule has 0 amide bonds. The molecule has 1 N–H and O–H groups in total. The summed E-state index contributed by atoms with van der Waals surface area (Å²) < 4.78 is 42.0. The van der Waals surface area contributed by atoms with Crippen LogP contribution in [0.2, 0.25) is 0 Å². The van der Waals surface area contributed by atoms with Gasteiger partial charge in [0.25, 0.3) is 0 Å². The molecule has 1 fully saturated rings. The molecule has 0 radical (unpaired) electrons. The SMILES string of the molecule is FC(F)(F)c1ccc(C2NCCO2)cc1. The van der Waals surface area contributed by atoms with Crippen LogP contribution in [0.3, 0.4) is 0 Å². The van der Waals surface area contributed by atoms with Crippen molar-refractivity contribution in [1.82, 2.24) is 5.32 Å². The van der Waals surface area contributed by atoms with E-state index >= 15 is 0 Å². The Balaban J connectivity index is 2.16. The zero-order valence-corrected chi connectivity index (χ0v) is 7.84. The lowest BCUT2D eigenvalue weighted by atomic mass is 10.1. The monoisotopic (exact) mass is 217 g/mol. The van der Waals surface area contributed by atoms with Gasteiger partial charge in [-0.1, -0.05) is 12.1 Å². The van der Waals surface area contributed by atoms with Crippen molar-refractivity contribution in [3.63, 3.8) is 0 Å². The second kappa shape index (κ2) is 3.83. The van der Waals surface area contributed by atoms with E-state index in [0.717, 1.165) is 24.2 Å². The summed E-state index contributed by atoms with van der Waals surface area (Å²) in [5, 5.41) is 3.03. The molecule has 1 saturated heterocycles. The van der Waals surface area contributed by atoms with Gasteiger partial charge in [-0.25, -0.2) is 0 Å². The van der Waals surface area contributed by atoms with E-state index in [1.165, 1.54) is 12.1 Å². The Labute approximate surface area is 85.0 Å². The normalized spacial score (nSPS) is 21.9. The van der Waals surface area contributed by atoms with E-state index in [-0.39, 0.29) is 6.23 Å². The van der Waals surface area contributed by atoms with E-state index in [4.69, 9.17) is 4.74 Å². The van der Waals surface area contributed by atoms with Gasteiger partial charge in [-0.2, -0.15) is 13.2 Å². The highest BCUT2D eigenvalue weighted by molar-refractivity contribution is 5.26. The van der Waals surface area contributed by atoms with Gasteiger partial charge in [0, 0.05) is 6.54 Å². The topological polar surface area (TPSA) is 21.3 Å². The third-order valence-corrected chi connectivity index (χ3v) is 2.26. The Morgan fingerprint density at radius 2 is 1.87 bits per heavy atom. The van der Waals surface area contributed by atoms with Crippen molar-refractivity contribution in [3.8, 4) is 0 Å². The minimum absolute atomic E-state index is 0.271. The van der Waals surface area contributed by atoms with Crippen LogP contribution in [0.1, 0.15) is 17.4 Å². The van der Waals surface area contributed by atoms with Gasteiger partial charge in [-0.05, 0) is 17.7 Å². The molecule has 2 rings (SSSR count). The Morgan fingerprint density at radius 3 is 2.33 bits per heavy atom. The second-order valence-electron chi connectivity index (χ2n) is 3.32. The highest BCUT2D eigenvalue weighted by atomic mass is 19.4. The maximum absolute atomic E-state index is 12.2. The molecule has 0 aromatic heterocycles. The molecule has 1 aromatic carbocycles. The van der Waals surface area contributed by atoms with Gasteiger partial charge < -0.3 is 4.74 Å². The van der Waals surface area contributed by atoms with Crippen LogP contribution in [0.5, 0.6) is 0 Å². The second-order valence-corrected chi connectivity index (χ2v) is 3.32. The third kappa shape index (κ3) is 2.30. The fourth-order valence-corrected chi connectivity index (χ4v) is 1.49. The van der Waals surface area contributed by atoms with Crippen molar-refractivity contribution < 1.29 is 17.9 Å². The summed E-state index contributed by atoms with van der Waals surface area (Å²) in [6.07, 6.45) is -4.55. The van der Waals surface area contributed by atoms with Gasteiger partial charge in [0.1, 0.15) is 6.23 Å². The molecule has 2 nitrogen and oxygen atoms in total. The van der Waals surface area contributed by atoms with Crippen LogP contribution in [-0.2, 0) is 10.9 Å². The summed E-state index contributed by atoms with van der Waals surface area (Å²) in [7, 11) is 0. The fraction of sp³-hybridized carbons (Fsp3) is 0.400.